The summed E-state index contributed by atoms with van der Waals surface area (Å²) in [4.78, 5) is 12.0. The first-order valence-electron chi connectivity index (χ1n) is 7.41. The van der Waals surface area contributed by atoms with E-state index >= 15 is 0 Å². The van der Waals surface area contributed by atoms with Crippen LogP contribution < -0.4 is 10.6 Å². The molecule has 0 aliphatic heterocycles. The molecule has 0 bridgehead atoms. The van der Waals surface area contributed by atoms with E-state index in [1.54, 1.807) is 0 Å². The average Bonchev–Trinajstić information content (AvgIpc) is 2.49. The van der Waals surface area contributed by atoms with Crippen molar-refractivity contribution in [1.29, 1.82) is 0 Å². The number of carbonyl (C=O) groups is 1. The third kappa shape index (κ3) is 5.40. The Kier molecular flexibility index (Phi) is 5.98. The molecule has 2 aromatic carbocycles. The summed E-state index contributed by atoms with van der Waals surface area (Å²) in [7, 11) is 0. The summed E-state index contributed by atoms with van der Waals surface area (Å²) in [6, 6.07) is 17.8. The van der Waals surface area contributed by atoms with Crippen LogP contribution in [0.4, 0.5) is 5.69 Å². The zero-order valence-electron chi connectivity index (χ0n) is 12.4. The van der Waals surface area contributed by atoms with Gasteiger partial charge in [0.25, 0.3) is 0 Å². The van der Waals surface area contributed by atoms with Crippen molar-refractivity contribution in [2.75, 3.05) is 11.9 Å². The summed E-state index contributed by atoms with van der Waals surface area (Å²) in [5.41, 5.74) is 3.06. The topological polar surface area (TPSA) is 41.1 Å². The number of hydrogen-bond donors (Lipinski definition) is 2. The minimum absolute atomic E-state index is 0.0138. The Balaban J connectivity index is 1.90. The van der Waals surface area contributed by atoms with E-state index < -0.39 is 0 Å². The van der Waals surface area contributed by atoms with E-state index in [-0.39, 0.29) is 5.91 Å². The Morgan fingerprint density at radius 3 is 2.52 bits per heavy atom. The number of hydrogen-bond acceptors (Lipinski definition) is 2. The number of amides is 1. The number of carbonyl (C=O) groups excluding carboxylic acids is 1. The molecule has 0 unspecified atom stereocenters. The van der Waals surface area contributed by atoms with Gasteiger partial charge in [0.1, 0.15) is 0 Å². The van der Waals surface area contributed by atoms with Crippen LogP contribution in [0.2, 0.25) is 0 Å². The standard InChI is InChI=1S/C18H22N2O/c1-2-11-19-14-16-9-6-10-17(12-16)20-18(21)13-15-7-4-3-5-8-15/h3-10,12,19H,2,11,13-14H2,1H3,(H,20,21). The van der Waals surface area contributed by atoms with Crippen molar-refractivity contribution in [3.63, 3.8) is 0 Å². The van der Waals surface area contributed by atoms with Gasteiger partial charge in [-0.2, -0.15) is 0 Å². The highest BCUT2D eigenvalue weighted by atomic mass is 16.1. The summed E-state index contributed by atoms with van der Waals surface area (Å²) in [6.07, 6.45) is 1.52. The van der Waals surface area contributed by atoms with Crippen LogP contribution >= 0.6 is 0 Å². The molecule has 2 aromatic rings. The third-order valence-electron chi connectivity index (χ3n) is 3.17. The Morgan fingerprint density at radius 2 is 1.76 bits per heavy atom. The molecule has 0 radical (unpaired) electrons. The molecule has 3 heteroatoms. The van der Waals surface area contributed by atoms with Crippen LogP contribution in [0.15, 0.2) is 54.6 Å². The van der Waals surface area contributed by atoms with Gasteiger partial charge in [-0.3, -0.25) is 4.79 Å². The molecule has 2 rings (SSSR count). The lowest BCUT2D eigenvalue weighted by Gasteiger charge is -2.08. The van der Waals surface area contributed by atoms with E-state index in [9.17, 15) is 4.79 Å². The van der Waals surface area contributed by atoms with Gasteiger partial charge < -0.3 is 10.6 Å². The molecule has 0 saturated heterocycles. The minimum Gasteiger partial charge on any atom is -0.326 e. The van der Waals surface area contributed by atoms with Crippen LogP contribution in [-0.2, 0) is 17.8 Å². The zero-order valence-corrected chi connectivity index (χ0v) is 12.4. The second-order valence-corrected chi connectivity index (χ2v) is 5.09. The van der Waals surface area contributed by atoms with E-state index in [1.165, 1.54) is 5.56 Å². The Hall–Kier alpha value is -2.13. The van der Waals surface area contributed by atoms with Crippen LogP contribution in [-0.4, -0.2) is 12.5 Å². The predicted molar refractivity (Wildman–Crippen MR) is 87.2 cm³/mol. The van der Waals surface area contributed by atoms with Gasteiger partial charge in [-0.1, -0.05) is 49.4 Å². The second kappa shape index (κ2) is 8.22. The van der Waals surface area contributed by atoms with E-state index in [2.05, 4.69) is 23.6 Å². The molecule has 3 nitrogen and oxygen atoms in total. The lowest BCUT2D eigenvalue weighted by molar-refractivity contribution is -0.115. The Morgan fingerprint density at radius 1 is 1.00 bits per heavy atom. The van der Waals surface area contributed by atoms with Crippen molar-refractivity contribution in [1.82, 2.24) is 5.32 Å². The fourth-order valence-corrected chi connectivity index (χ4v) is 2.15. The summed E-state index contributed by atoms with van der Waals surface area (Å²) < 4.78 is 0. The molecule has 21 heavy (non-hydrogen) atoms. The van der Waals surface area contributed by atoms with Crippen molar-refractivity contribution in [3.8, 4) is 0 Å². The second-order valence-electron chi connectivity index (χ2n) is 5.09. The molecular weight excluding hydrogens is 260 g/mol. The molecule has 0 aliphatic carbocycles. The van der Waals surface area contributed by atoms with E-state index in [1.807, 2.05) is 48.5 Å². The van der Waals surface area contributed by atoms with Crippen molar-refractivity contribution in [3.05, 3.63) is 65.7 Å². The fourth-order valence-electron chi connectivity index (χ4n) is 2.15. The van der Waals surface area contributed by atoms with Gasteiger partial charge in [0.05, 0.1) is 6.42 Å². The summed E-state index contributed by atoms with van der Waals surface area (Å²) in [5, 5.41) is 6.31. The molecule has 110 valence electrons. The van der Waals surface area contributed by atoms with Gasteiger partial charge in [0.15, 0.2) is 0 Å². The molecule has 0 aliphatic rings. The van der Waals surface area contributed by atoms with Crippen molar-refractivity contribution >= 4 is 11.6 Å². The quantitative estimate of drug-likeness (QED) is 0.764. The minimum atomic E-state index is 0.0138. The number of anilines is 1. The highest BCUT2D eigenvalue weighted by Crippen LogP contribution is 2.11. The van der Waals surface area contributed by atoms with E-state index in [4.69, 9.17) is 0 Å². The summed E-state index contributed by atoms with van der Waals surface area (Å²) in [5.74, 6) is 0.0138. The van der Waals surface area contributed by atoms with Crippen molar-refractivity contribution in [2.24, 2.45) is 0 Å². The van der Waals surface area contributed by atoms with Crippen LogP contribution in [0, 0.1) is 0 Å². The van der Waals surface area contributed by atoms with Gasteiger partial charge in [0, 0.05) is 12.2 Å². The third-order valence-corrected chi connectivity index (χ3v) is 3.17. The molecule has 0 heterocycles. The van der Waals surface area contributed by atoms with Crippen LogP contribution in [0.3, 0.4) is 0 Å². The first kappa shape index (κ1) is 15.3. The molecule has 0 atom stereocenters. The van der Waals surface area contributed by atoms with Gasteiger partial charge in [-0.15, -0.1) is 0 Å². The molecule has 0 saturated carbocycles. The number of rotatable bonds is 7. The van der Waals surface area contributed by atoms with Crippen molar-refractivity contribution in [2.45, 2.75) is 26.3 Å². The first-order valence-corrected chi connectivity index (χ1v) is 7.41. The lowest BCUT2D eigenvalue weighted by Crippen LogP contribution is -2.16. The van der Waals surface area contributed by atoms with Crippen LogP contribution in [0.1, 0.15) is 24.5 Å². The molecular formula is C18H22N2O. The zero-order chi connectivity index (χ0) is 14.9. The SMILES string of the molecule is CCCNCc1cccc(NC(=O)Cc2ccccc2)c1. The molecule has 0 fully saturated rings. The molecule has 1 amide bonds. The monoisotopic (exact) mass is 282 g/mol. The average molecular weight is 282 g/mol. The van der Waals surface area contributed by atoms with Gasteiger partial charge in [0.2, 0.25) is 5.91 Å². The maximum atomic E-state index is 12.0. The summed E-state index contributed by atoms with van der Waals surface area (Å²) in [6.45, 7) is 3.98. The number of nitrogens with one attached hydrogen (secondary N) is 2. The molecule has 0 aromatic heterocycles. The molecule has 0 spiro atoms. The predicted octanol–water partition coefficient (Wildman–Crippen LogP) is 3.37. The van der Waals surface area contributed by atoms with Gasteiger partial charge >= 0.3 is 0 Å². The lowest BCUT2D eigenvalue weighted by atomic mass is 10.1. The smallest absolute Gasteiger partial charge is 0.228 e. The number of benzene rings is 2. The fraction of sp³-hybridized carbons (Fsp3) is 0.278. The van der Waals surface area contributed by atoms with E-state index in [0.29, 0.717) is 6.42 Å². The normalized spacial score (nSPS) is 10.3. The maximum absolute atomic E-state index is 12.0. The largest absolute Gasteiger partial charge is 0.326 e. The first-order chi connectivity index (χ1) is 10.3. The van der Waals surface area contributed by atoms with Crippen LogP contribution in [0.5, 0.6) is 0 Å². The Bertz CT molecular complexity index is 566. The van der Waals surface area contributed by atoms with Crippen LogP contribution in [0.25, 0.3) is 0 Å². The summed E-state index contributed by atoms with van der Waals surface area (Å²) >= 11 is 0. The maximum Gasteiger partial charge on any atom is 0.228 e. The van der Waals surface area contributed by atoms with Crippen molar-refractivity contribution < 1.29 is 4.79 Å². The Labute approximate surface area is 126 Å². The van der Waals surface area contributed by atoms with E-state index in [0.717, 1.165) is 30.8 Å². The van der Waals surface area contributed by atoms with Gasteiger partial charge in [-0.25, -0.2) is 0 Å². The molecule has 2 N–H and O–H groups in total. The highest BCUT2D eigenvalue weighted by molar-refractivity contribution is 5.92. The van der Waals surface area contributed by atoms with Gasteiger partial charge in [-0.05, 0) is 36.2 Å². The highest BCUT2D eigenvalue weighted by Gasteiger charge is 2.04.